The molecule has 240 valence electrons. The Morgan fingerprint density at radius 3 is 1.83 bits per heavy atom. The van der Waals surface area contributed by atoms with Crippen molar-refractivity contribution in [1.29, 1.82) is 0 Å². The van der Waals surface area contributed by atoms with Gasteiger partial charge >= 0.3 is 0 Å². The van der Waals surface area contributed by atoms with E-state index in [9.17, 15) is 0 Å². The van der Waals surface area contributed by atoms with Gasteiger partial charge < -0.3 is 18.6 Å². The number of benzene rings is 3. The molecule has 6 rings (SSSR count). The van der Waals surface area contributed by atoms with Gasteiger partial charge in [-0.3, -0.25) is 0 Å². The molecule has 7 heteroatoms. The second-order valence-corrected chi connectivity index (χ2v) is 12.2. The Balaban J connectivity index is 1.70. The topological polar surface area (TPSA) is 41.2 Å². The molecule has 0 fully saturated rings. The molecule has 3 aromatic carbocycles. The number of halogens is 2. The van der Waals surface area contributed by atoms with E-state index in [1.54, 1.807) is 19.2 Å². The molecule has 0 aliphatic rings. The summed E-state index contributed by atoms with van der Waals surface area (Å²) < 4.78 is 46.6. The van der Waals surface area contributed by atoms with E-state index in [4.69, 9.17) is 14.5 Å². The predicted octanol–water partition coefficient (Wildman–Crippen LogP) is 10.4. The number of hydrogen-bond donors (Lipinski definition) is 0. The summed E-state index contributed by atoms with van der Waals surface area (Å²) in [7, 11) is 1.65. The molecule has 0 radical (unpaired) electrons. The van der Waals surface area contributed by atoms with Gasteiger partial charge in [-0.25, -0.2) is 13.8 Å². The van der Waals surface area contributed by atoms with Crippen molar-refractivity contribution in [3.05, 3.63) is 101 Å². The molecular formula is C39H43F2N3O2. The molecule has 5 nitrogen and oxygen atoms in total. The minimum absolute atomic E-state index is 0.294. The Hall–Kier alpha value is -4.39. The molecule has 0 atom stereocenters. The molecule has 0 amide bonds. The standard InChI is InChI=1S/C39H43F2N3O2/c1-5-8-17-43-24-33(30-22-27(40)11-15-36(30)43)38(34-25-44(18-9-6-2)37-16-12-28(41)23-31(34)37)32-21-26-20-29(45-4)13-14-35(26)42-39(32)46-19-10-7-3/h11-16,20-25,38H,5-10,17-19H2,1-4H3. The smallest absolute Gasteiger partial charge is 0.218 e. The average molecular weight is 624 g/mol. The van der Waals surface area contributed by atoms with Crippen LogP contribution < -0.4 is 9.47 Å². The van der Waals surface area contributed by atoms with E-state index < -0.39 is 5.92 Å². The van der Waals surface area contributed by atoms with Gasteiger partial charge in [0.2, 0.25) is 5.88 Å². The number of nitrogens with zero attached hydrogens (tertiary/aromatic N) is 3. The monoisotopic (exact) mass is 623 g/mol. The molecule has 0 unspecified atom stereocenters. The maximum Gasteiger partial charge on any atom is 0.218 e. The van der Waals surface area contributed by atoms with Crippen LogP contribution in [-0.4, -0.2) is 27.8 Å². The van der Waals surface area contributed by atoms with Gasteiger partial charge in [-0.1, -0.05) is 40.0 Å². The van der Waals surface area contributed by atoms with Crippen molar-refractivity contribution in [2.45, 2.75) is 78.3 Å². The lowest BCUT2D eigenvalue weighted by Crippen LogP contribution is -2.09. The number of pyridine rings is 1. The van der Waals surface area contributed by atoms with Crippen molar-refractivity contribution in [2.75, 3.05) is 13.7 Å². The van der Waals surface area contributed by atoms with E-state index in [1.165, 1.54) is 12.1 Å². The molecule has 46 heavy (non-hydrogen) atoms. The summed E-state index contributed by atoms with van der Waals surface area (Å²) in [6.45, 7) is 8.61. The molecule has 3 aromatic heterocycles. The van der Waals surface area contributed by atoms with Crippen molar-refractivity contribution in [1.82, 2.24) is 14.1 Å². The molecule has 0 bridgehead atoms. The second kappa shape index (κ2) is 13.9. The average Bonchev–Trinajstić information content (AvgIpc) is 3.60. The molecular weight excluding hydrogens is 580 g/mol. The largest absolute Gasteiger partial charge is 0.497 e. The zero-order valence-electron chi connectivity index (χ0n) is 27.3. The van der Waals surface area contributed by atoms with Crippen LogP contribution in [0, 0.1) is 11.6 Å². The molecule has 0 spiro atoms. The summed E-state index contributed by atoms with van der Waals surface area (Å²) in [6, 6.07) is 18.0. The van der Waals surface area contributed by atoms with Gasteiger partial charge in [0.1, 0.15) is 17.4 Å². The normalized spacial score (nSPS) is 11.8. The first-order valence-electron chi connectivity index (χ1n) is 16.6. The lowest BCUT2D eigenvalue weighted by Gasteiger charge is -2.21. The number of hydrogen-bond acceptors (Lipinski definition) is 3. The molecule has 0 N–H and O–H groups in total. The third-order valence-electron chi connectivity index (χ3n) is 8.94. The highest BCUT2D eigenvalue weighted by molar-refractivity contribution is 5.91. The van der Waals surface area contributed by atoms with Crippen LogP contribution in [0.1, 0.15) is 81.9 Å². The van der Waals surface area contributed by atoms with Gasteiger partial charge in [-0.2, -0.15) is 0 Å². The highest BCUT2D eigenvalue weighted by atomic mass is 19.1. The zero-order valence-corrected chi connectivity index (χ0v) is 27.3. The van der Waals surface area contributed by atoms with Gasteiger partial charge in [0.25, 0.3) is 0 Å². The molecule has 3 heterocycles. The van der Waals surface area contributed by atoms with E-state index in [1.807, 2.05) is 30.3 Å². The van der Waals surface area contributed by atoms with Crippen LogP contribution in [0.15, 0.2) is 73.1 Å². The number of ether oxygens (including phenoxy) is 2. The Morgan fingerprint density at radius 1 is 0.696 bits per heavy atom. The van der Waals surface area contributed by atoms with E-state index in [2.05, 4.69) is 48.4 Å². The van der Waals surface area contributed by atoms with Crippen LogP contribution in [0.4, 0.5) is 8.78 Å². The van der Waals surface area contributed by atoms with E-state index in [0.717, 1.165) is 107 Å². The fourth-order valence-corrected chi connectivity index (χ4v) is 6.50. The number of rotatable bonds is 14. The summed E-state index contributed by atoms with van der Waals surface area (Å²) in [5.41, 5.74) is 5.47. The SMILES string of the molecule is CCCCOc1nc2ccc(OC)cc2cc1C(c1cn(CCCC)c2ccc(F)cc12)c1cn(CCCC)c2ccc(F)cc12. The van der Waals surface area contributed by atoms with Gasteiger partial charge in [0.15, 0.2) is 0 Å². The van der Waals surface area contributed by atoms with Gasteiger partial charge in [0, 0.05) is 64.2 Å². The summed E-state index contributed by atoms with van der Waals surface area (Å²) in [4.78, 5) is 5.06. The van der Waals surface area contributed by atoms with Gasteiger partial charge in [-0.15, -0.1) is 0 Å². The Bertz CT molecular complexity index is 1880. The van der Waals surface area contributed by atoms with Gasteiger partial charge in [-0.05, 0) is 91.1 Å². The summed E-state index contributed by atoms with van der Waals surface area (Å²) in [5, 5.41) is 2.57. The highest BCUT2D eigenvalue weighted by Gasteiger charge is 2.30. The summed E-state index contributed by atoms with van der Waals surface area (Å²) in [6.07, 6.45) is 10.2. The number of unbranched alkanes of at least 4 members (excludes halogenated alkanes) is 3. The molecule has 6 aromatic rings. The number of methoxy groups -OCH3 is 1. The number of fused-ring (bicyclic) bond motifs is 3. The zero-order chi connectivity index (χ0) is 32.2. The molecule has 0 saturated heterocycles. The van der Waals surface area contributed by atoms with Crippen LogP contribution in [-0.2, 0) is 13.1 Å². The van der Waals surface area contributed by atoms with Crippen molar-refractivity contribution < 1.29 is 18.3 Å². The van der Waals surface area contributed by atoms with E-state index in [-0.39, 0.29) is 11.6 Å². The minimum atomic E-state index is -0.418. The lowest BCUT2D eigenvalue weighted by atomic mass is 9.84. The van der Waals surface area contributed by atoms with Crippen molar-refractivity contribution in [2.24, 2.45) is 0 Å². The fourth-order valence-electron chi connectivity index (χ4n) is 6.50. The Kier molecular flexibility index (Phi) is 9.57. The van der Waals surface area contributed by atoms with Gasteiger partial charge in [0.05, 0.1) is 19.2 Å². The third-order valence-corrected chi connectivity index (χ3v) is 8.94. The summed E-state index contributed by atoms with van der Waals surface area (Å²) >= 11 is 0. The van der Waals surface area contributed by atoms with Crippen molar-refractivity contribution in [3.63, 3.8) is 0 Å². The lowest BCUT2D eigenvalue weighted by molar-refractivity contribution is 0.295. The molecule has 0 saturated carbocycles. The van der Waals surface area contributed by atoms with Crippen molar-refractivity contribution >= 4 is 32.7 Å². The first-order valence-corrected chi connectivity index (χ1v) is 16.6. The van der Waals surface area contributed by atoms with E-state index >= 15 is 8.78 Å². The predicted molar refractivity (Wildman–Crippen MR) is 183 cm³/mol. The first-order chi connectivity index (χ1) is 22.4. The Labute approximate surface area is 269 Å². The van der Waals surface area contributed by atoms with Crippen molar-refractivity contribution in [3.8, 4) is 11.6 Å². The maximum absolute atomic E-state index is 15.1. The quantitative estimate of drug-likeness (QED) is 0.113. The van der Waals surface area contributed by atoms with E-state index in [0.29, 0.717) is 12.5 Å². The fraction of sp³-hybridized carbons (Fsp3) is 0.359. The van der Waals surface area contributed by atoms with Crippen LogP contribution in [0.25, 0.3) is 32.7 Å². The summed E-state index contributed by atoms with van der Waals surface area (Å²) in [5.74, 6) is 0.260. The Morgan fingerprint density at radius 2 is 1.28 bits per heavy atom. The maximum atomic E-state index is 15.1. The van der Waals surface area contributed by atoms with Crippen LogP contribution >= 0.6 is 0 Å². The second-order valence-electron chi connectivity index (χ2n) is 12.2. The molecule has 0 aliphatic carbocycles. The van der Waals surface area contributed by atoms with Crippen LogP contribution in [0.2, 0.25) is 0 Å². The number of aromatic nitrogens is 3. The molecule has 0 aliphatic heterocycles. The third kappa shape index (κ3) is 6.20. The first kappa shape index (κ1) is 31.6. The minimum Gasteiger partial charge on any atom is -0.497 e. The van der Waals surface area contributed by atoms with Crippen LogP contribution in [0.5, 0.6) is 11.6 Å². The van der Waals surface area contributed by atoms with Crippen LogP contribution in [0.3, 0.4) is 0 Å². The number of aryl methyl sites for hydroxylation is 2. The highest BCUT2D eigenvalue weighted by Crippen LogP contribution is 2.45.